The molecule has 0 unspecified atom stereocenters. The van der Waals surface area contributed by atoms with Crippen LogP contribution in [0.25, 0.3) is 0 Å². The Kier molecular flexibility index (Phi) is 111. The Morgan fingerprint density at radius 2 is 0.455 bits per heavy atom. The van der Waals surface area contributed by atoms with Crippen LogP contribution in [0.5, 0.6) is 0 Å². The average molecular weight is 357 g/mol. The van der Waals surface area contributed by atoms with Gasteiger partial charge in [-0.25, -0.2) is 0 Å². The van der Waals surface area contributed by atoms with Gasteiger partial charge in [0.1, 0.15) is 0 Å². The van der Waals surface area contributed by atoms with Gasteiger partial charge in [-0.15, -0.1) is 0 Å². The van der Waals surface area contributed by atoms with Crippen molar-refractivity contribution in [1.82, 2.24) is 0 Å². The SMILES string of the molecule is [KH].[KH].[KH].[KH].[KH].[KH].[OH][Ti]([OH])([OH])[OH]. The van der Waals surface area contributed by atoms with E-state index in [2.05, 4.69) is 0 Å². The molecule has 0 saturated carbocycles. The van der Waals surface area contributed by atoms with Crippen LogP contribution in [-0.2, 0) is 18.1 Å². The second-order valence-corrected chi connectivity index (χ2v) is 2.47. The minimum absolute atomic E-state index is 0. The fourth-order valence-corrected chi connectivity index (χ4v) is 0. The summed E-state index contributed by atoms with van der Waals surface area (Å²) in [6.45, 7) is 0. The first-order valence-corrected chi connectivity index (χ1v) is 3.69. The van der Waals surface area contributed by atoms with Gasteiger partial charge in [0, 0.05) is 0 Å². The maximum absolute atomic E-state index is 7.38. The van der Waals surface area contributed by atoms with E-state index in [0.29, 0.717) is 0 Å². The van der Waals surface area contributed by atoms with Crippen molar-refractivity contribution in [3.8, 4) is 0 Å². The Labute approximate surface area is 327 Å². The van der Waals surface area contributed by atoms with Crippen LogP contribution in [0, 0.1) is 0 Å². The first-order chi connectivity index (χ1) is 2.00. The molecule has 0 saturated heterocycles. The fraction of sp³-hybridized carbons (Fsp3) is 0. The molecule has 0 heterocycles. The van der Waals surface area contributed by atoms with E-state index in [4.69, 9.17) is 14.8 Å². The normalized spacial score (nSPS) is 5.45. The summed E-state index contributed by atoms with van der Waals surface area (Å²) in [5.74, 6) is 0. The first-order valence-electron chi connectivity index (χ1n) is 0.894. The van der Waals surface area contributed by atoms with E-state index in [-0.39, 0.29) is 308 Å². The molecule has 0 aromatic heterocycles. The fourth-order valence-electron chi connectivity index (χ4n) is 0. The summed E-state index contributed by atoms with van der Waals surface area (Å²) in [6, 6.07) is 0. The molecule has 11 heteroatoms. The summed E-state index contributed by atoms with van der Waals surface area (Å²) in [5, 5.41) is 0. The van der Waals surface area contributed by atoms with Crippen molar-refractivity contribution in [1.29, 1.82) is 0 Å². The second-order valence-electron chi connectivity index (χ2n) is 0.600. The molecule has 0 aromatic rings. The molecule has 0 atom stereocenters. The van der Waals surface area contributed by atoms with Crippen LogP contribution >= 0.6 is 0 Å². The van der Waals surface area contributed by atoms with Crippen molar-refractivity contribution in [2.75, 3.05) is 0 Å². The summed E-state index contributed by atoms with van der Waals surface area (Å²) in [6.07, 6.45) is 0. The van der Waals surface area contributed by atoms with E-state index in [1.165, 1.54) is 0 Å². The van der Waals surface area contributed by atoms with E-state index in [9.17, 15) is 0 Å². The van der Waals surface area contributed by atoms with Crippen molar-refractivity contribution in [2.45, 2.75) is 0 Å². The molecule has 4 N–H and O–H groups in total. The van der Waals surface area contributed by atoms with Crippen molar-refractivity contribution >= 4 is 308 Å². The van der Waals surface area contributed by atoms with Crippen LogP contribution < -0.4 is 0 Å². The van der Waals surface area contributed by atoms with Crippen LogP contribution in [0.2, 0.25) is 0 Å². The van der Waals surface area contributed by atoms with Crippen LogP contribution in [0.4, 0.5) is 0 Å². The predicted molar refractivity (Wildman–Crippen MR) is 51.8 cm³/mol. The molecule has 4 nitrogen and oxygen atoms in total. The van der Waals surface area contributed by atoms with Crippen molar-refractivity contribution in [3.05, 3.63) is 0 Å². The topological polar surface area (TPSA) is 80.9 Å². The van der Waals surface area contributed by atoms with Gasteiger partial charge in [-0.3, -0.25) is 0 Å². The zero-order valence-electron chi connectivity index (χ0n) is 2.29. The van der Waals surface area contributed by atoms with E-state index >= 15 is 0 Å². The molecule has 0 radical (unpaired) electrons. The third-order valence-corrected chi connectivity index (χ3v) is 0. The van der Waals surface area contributed by atoms with Gasteiger partial charge >= 0.3 is 341 Å². The summed E-state index contributed by atoms with van der Waals surface area (Å²) in [4.78, 5) is 0. The zero-order chi connectivity index (χ0) is 4.50. The van der Waals surface area contributed by atoms with Gasteiger partial charge in [0.15, 0.2) is 0 Å². The van der Waals surface area contributed by atoms with Crippen LogP contribution in [-0.4, -0.2) is 323 Å². The molecule has 0 aromatic carbocycles. The van der Waals surface area contributed by atoms with Crippen molar-refractivity contribution < 1.29 is 32.9 Å². The molecular formula is H10K6O4Ti. The molecule has 0 fully saturated rings. The number of rotatable bonds is 0. The molecule has 0 spiro atoms. The summed E-state index contributed by atoms with van der Waals surface area (Å²) in [5.41, 5.74) is 0. The van der Waals surface area contributed by atoms with E-state index in [1.54, 1.807) is 0 Å². The van der Waals surface area contributed by atoms with E-state index < -0.39 is 18.1 Å². The van der Waals surface area contributed by atoms with Crippen LogP contribution in [0.1, 0.15) is 0 Å². The Balaban J connectivity index is -0.00000000533. The van der Waals surface area contributed by atoms with Gasteiger partial charge in [0.05, 0.1) is 0 Å². The van der Waals surface area contributed by atoms with Crippen molar-refractivity contribution in [2.24, 2.45) is 0 Å². The Bertz CT molecular complexity index is 30.1. The Morgan fingerprint density at radius 3 is 0.455 bits per heavy atom. The minimum atomic E-state index is -5.00. The van der Waals surface area contributed by atoms with E-state index in [0.717, 1.165) is 0 Å². The van der Waals surface area contributed by atoms with E-state index in [1.807, 2.05) is 0 Å². The van der Waals surface area contributed by atoms with Gasteiger partial charge < -0.3 is 0 Å². The monoisotopic (exact) mass is 356 g/mol. The van der Waals surface area contributed by atoms with Gasteiger partial charge in [-0.05, 0) is 0 Å². The summed E-state index contributed by atoms with van der Waals surface area (Å²) in [7, 11) is 0. The Morgan fingerprint density at radius 1 is 0.455 bits per heavy atom. The molecule has 44 valence electrons. The molecule has 0 rings (SSSR count). The predicted octanol–water partition coefficient (Wildman–Crippen LogP) is -6.12. The molecule has 0 aliphatic carbocycles. The van der Waals surface area contributed by atoms with Gasteiger partial charge in [-0.2, -0.15) is 0 Å². The van der Waals surface area contributed by atoms with Crippen LogP contribution in [0.15, 0.2) is 0 Å². The molecule has 0 bridgehead atoms. The zero-order valence-corrected chi connectivity index (χ0v) is 3.85. The first kappa shape index (κ1) is 42.9. The molecule has 0 amide bonds. The third-order valence-electron chi connectivity index (χ3n) is 0. The van der Waals surface area contributed by atoms with Gasteiger partial charge in [0.2, 0.25) is 0 Å². The third kappa shape index (κ3) is 63.9. The summed E-state index contributed by atoms with van der Waals surface area (Å²) >= 11 is -5.00. The summed E-state index contributed by atoms with van der Waals surface area (Å²) < 4.78 is 29.5. The maximum atomic E-state index is 7.38. The van der Waals surface area contributed by atoms with Gasteiger partial charge in [-0.1, -0.05) is 0 Å². The quantitative estimate of drug-likeness (QED) is 0.326. The van der Waals surface area contributed by atoms with Crippen molar-refractivity contribution in [3.63, 3.8) is 0 Å². The molecule has 11 heavy (non-hydrogen) atoms. The average Bonchev–Trinajstić information content (AvgIpc) is 0.722. The molecule has 0 aliphatic rings. The van der Waals surface area contributed by atoms with Gasteiger partial charge in [0.25, 0.3) is 0 Å². The standard InChI is InChI=1S/6K.4H2O.Ti.6H/h;;;;;;4*1H2;;;;;;;/q;;;;;;;;;;+4;;;;;;/p-4. The number of hydrogen-bond donors (Lipinski definition) is 4. The number of hydrogen-bond acceptors (Lipinski definition) is 4. The second kappa shape index (κ2) is 28.5. The Hall–Kier alpha value is 10.4. The molecular weight excluding hydrogens is 346 g/mol. The molecule has 0 aliphatic heterocycles. The van der Waals surface area contributed by atoms with Crippen LogP contribution in [0.3, 0.4) is 0 Å².